The minimum Gasteiger partial charge on any atom is -0.381 e. The first-order valence-electron chi connectivity index (χ1n) is 6.15. The van der Waals surface area contributed by atoms with E-state index in [0.717, 1.165) is 31.9 Å². The second-order valence-corrected chi connectivity index (χ2v) is 4.90. The van der Waals surface area contributed by atoms with Crippen LogP contribution in [-0.2, 0) is 11.3 Å². The van der Waals surface area contributed by atoms with Gasteiger partial charge in [-0.2, -0.15) is 0 Å². The van der Waals surface area contributed by atoms with Gasteiger partial charge in [0.1, 0.15) is 0 Å². The third-order valence-corrected chi connectivity index (χ3v) is 3.26. The summed E-state index contributed by atoms with van der Waals surface area (Å²) in [6, 6.07) is 0.0329. The summed E-state index contributed by atoms with van der Waals surface area (Å²) >= 11 is 0. The van der Waals surface area contributed by atoms with Crippen LogP contribution in [0.4, 0.5) is 0 Å². The summed E-state index contributed by atoms with van der Waals surface area (Å²) in [6.07, 6.45) is 6.96. The molecule has 17 heavy (non-hydrogen) atoms. The molecule has 2 atom stereocenters. The van der Waals surface area contributed by atoms with Crippen molar-refractivity contribution in [3.05, 3.63) is 29.9 Å². The molecule has 4 heteroatoms. The van der Waals surface area contributed by atoms with Crippen LogP contribution in [0.5, 0.6) is 0 Å². The fourth-order valence-electron chi connectivity index (χ4n) is 2.12. The van der Waals surface area contributed by atoms with Crippen molar-refractivity contribution in [3.63, 3.8) is 0 Å². The lowest BCUT2D eigenvalue weighted by molar-refractivity contribution is 0.180. The summed E-state index contributed by atoms with van der Waals surface area (Å²) < 4.78 is 7.51. The van der Waals surface area contributed by atoms with Gasteiger partial charge in [-0.15, -0.1) is 0 Å². The van der Waals surface area contributed by atoms with Crippen molar-refractivity contribution in [3.8, 4) is 0 Å². The van der Waals surface area contributed by atoms with Crippen molar-refractivity contribution in [2.75, 3.05) is 13.2 Å². The maximum atomic E-state index is 6.29. The second-order valence-electron chi connectivity index (χ2n) is 4.90. The zero-order valence-corrected chi connectivity index (χ0v) is 10.6. The van der Waals surface area contributed by atoms with Crippen LogP contribution in [-0.4, -0.2) is 22.8 Å². The first-order valence-corrected chi connectivity index (χ1v) is 6.15. The van der Waals surface area contributed by atoms with Crippen molar-refractivity contribution in [1.82, 2.24) is 9.55 Å². The molecule has 1 aromatic rings. The number of allylic oxidation sites excluding steroid dienone is 2. The molecule has 2 unspecified atom stereocenters. The predicted molar refractivity (Wildman–Crippen MR) is 67.5 cm³/mol. The van der Waals surface area contributed by atoms with Crippen LogP contribution >= 0.6 is 0 Å². The average molecular weight is 235 g/mol. The molecule has 0 spiro atoms. The van der Waals surface area contributed by atoms with Gasteiger partial charge in [0, 0.05) is 25.3 Å². The van der Waals surface area contributed by atoms with E-state index in [-0.39, 0.29) is 6.04 Å². The maximum Gasteiger partial charge on any atom is 0.0951 e. The van der Waals surface area contributed by atoms with Crippen molar-refractivity contribution in [2.45, 2.75) is 32.9 Å². The van der Waals surface area contributed by atoms with Gasteiger partial charge in [-0.25, -0.2) is 4.98 Å². The SMILES string of the molecule is CC(C)=CCn1cncc1C(N)C1CCOC1. The molecule has 0 aliphatic carbocycles. The molecule has 94 valence electrons. The Morgan fingerprint density at radius 2 is 2.53 bits per heavy atom. The second kappa shape index (κ2) is 5.47. The Balaban J connectivity index is 2.09. The molecule has 2 rings (SSSR count). The lowest BCUT2D eigenvalue weighted by atomic mass is 9.97. The van der Waals surface area contributed by atoms with E-state index in [1.54, 1.807) is 0 Å². The standard InChI is InChI=1S/C13H21N3O/c1-10(2)3-5-16-9-15-7-12(16)13(14)11-4-6-17-8-11/h3,7,9,11,13H,4-6,8,14H2,1-2H3. The molecule has 0 radical (unpaired) electrons. The molecule has 2 heterocycles. The van der Waals surface area contributed by atoms with Crippen molar-refractivity contribution in [1.29, 1.82) is 0 Å². The van der Waals surface area contributed by atoms with Gasteiger partial charge in [-0.05, 0) is 20.3 Å². The van der Waals surface area contributed by atoms with Crippen LogP contribution in [0.1, 0.15) is 32.0 Å². The monoisotopic (exact) mass is 235 g/mol. The Hall–Kier alpha value is -1.13. The average Bonchev–Trinajstić information content (AvgIpc) is 2.96. The zero-order chi connectivity index (χ0) is 12.3. The maximum absolute atomic E-state index is 6.29. The summed E-state index contributed by atoms with van der Waals surface area (Å²) in [6.45, 7) is 6.65. The first kappa shape index (κ1) is 12.3. The minimum absolute atomic E-state index is 0.0329. The van der Waals surface area contributed by atoms with Crippen molar-refractivity contribution >= 4 is 0 Å². The Labute approximate surface area is 102 Å². The van der Waals surface area contributed by atoms with Crippen molar-refractivity contribution < 1.29 is 4.74 Å². The van der Waals surface area contributed by atoms with Crippen molar-refractivity contribution in [2.24, 2.45) is 11.7 Å². The predicted octanol–water partition coefficient (Wildman–Crippen LogP) is 1.89. The molecule has 1 aromatic heterocycles. The minimum atomic E-state index is 0.0329. The van der Waals surface area contributed by atoms with E-state index in [0.29, 0.717) is 5.92 Å². The molecular formula is C13H21N3O. The number of aromatic nitrogens is 2. The Kier molecular flexibility index (Phi) is 3.97. The quantitative estimate of drug-likeness (QED) is 0.811. The summed E-state index contributed by atoms with van der Waals surface area (Å²) in [5.41, 5.74) is 8.71. The van der Waals surface area contributed by atoms with E-state index in [9.17, 15) is 0 Å². The molecule has 0 amide bonds. The molecule has 0 saturated carbocycles. The number of ether oxygens (including phenoxy) is 1. The van der Waals surface area contributed by atoms with Gasteiger partial charge >= 0.3 is 0 Å². The zero-order valence-electron chi connectivity index (χ0n) is 10.6. The first-order chi connectivity index (χ1) is 8.18. The number of nitrogens with two attached hydrogens (primary N) is 1. The van der Waals surface area contributed by atoms with Gasteiger partial charge in [-0.1, -0.05) is 11.6 Å². The number of hydrogen-bond donors (Lipinski definition) is 1. The molecular weight excluding hydrogens is 214 g/mol. The molecule has 1 aliphatic rings. The lowest BCUT2D eigenvalue weighted by Gasteiger charge is -2.18. The number of imidazole rings is 1. The molecule has 2 N–H and O–H groups in total. The fourth-order valence-corrected chi connectivity index (χ4v) is 2.12. The van der Waals surface area contributed by atoms with Crippen LogP contribution in [0.25, 0.3) is 0 Å². The summed E-state index contributed by atoms with van der Waals surface area (Å²) in [7, 11) is 0. The summed E-state index contributed by atoms with van der Waals surface area (Å²) in [5.74, 6) is 0.428. The van der Waals surface area contributed by atoms with E-state index in [4.69, 9.17) is 10.5 Å². The normalized spacial score (nSPS) is 21.5. The molecule has 0 bridgehead atoms. The largest absolute Gasteiger partial charge is 0.381 e. The Bertz CT molecular complexity index is 387. The third-order valence-electron chi connectivity index (χ3n) is 3.26. The number of rotatable bonds is 4. The molecule has 1 saturated heterocycles. The Morgan fingerprint density at radius 3 is 3.18 bits per heavy atom. The molecule has 0 aromatic carbocycles. The van der Waals surface area contributed by atoms with Crippen LogP contribution in [0, 0.1) is 5.92 Å². The highest BCUT2D eigenvalue weighted by atomic mass is 16.5. The van der Waals surface area contributed by atoms with Crippen LogP contribution < -0.4 is 5.73 Å². The van der Waals surface area contributed by atoms with Gasteiger partial charge in [0.2, 0.25) is 0 Å². The third kappa shape index (κ3) is 2.96. The van der Waals surface area contributed by atoms with Gasteiger partial charge in [0.25, 0.3) is 0 Å². The van der Waals surface area contributed by atoms with E-state index < -0.39 is 0 Å². The van der Waals surface area contributed by atoms with Crippen LogP contribution in [0.2, 0.25) is 0 Å². The molecule has 1 fully saturated rings. The summed E-state index contributed by atoms with van der Waals surface area (Å²) in [5, 5.41) is 0. The van der Waals surface area contributed by atoms with Crippen LogP contribution in [0.3, 0.4) is 0 Å². The number of nitrogens with zero attached hydrogens (tertiary/aromatic N) is 2. The van der Waals surface area contributed by atoms with Gasteiger partial charge in [-0.3, -0.25) is 0 Å². The topological polar surface area (TPSA) is 53.1 Å². The van der Waals surface area contributed by atoms with E-state index in [2.05, 4.69) is 29.5 Å². The van der Waals surface area contributed by atoms with E-state index in [1.807, 2.05) is 12.5 Å². The molecule has 1 aliphatic heterocycles. The highest BCUT2D eigenvalue weighted by Crippen LogP contribution is 2.26. The van der Waals surface area contributed by atoms with Gasteiger partial charge in [0.15, 0.2) is 0 Å². The number of hydrogen-bond acceptors (Lipinski definition) is 3. The Morgan fingerprint density at radius 1 is 1.71 bits per heavy atom. The fraction of sp³-hybridized carbons (Fsp3) is 0.615. The summed E-state index contributed by atoms with van der Waals surface area (Å²) in [4.78, 5) is 4.21. The lowest BCUT2D eigenvalue weighted by Crippen LogP contribution is -2.24. The highest BCUT2D eigenvalue weighted by Gasteiger charge is 2.25. The van der Waals surface area contributed by atoms with E-state index >= 15 is 0 Å². The van der Waals surface area contributed by atoms with Gasteiger partial charge in [0.05, 0.1) is 24.7 Å². The highest BCUT2D eigenvalue weighted by molar-refractivity contribution is 5.08. The van der Waals surface area contributed by atoms with Gasteiger partial charge < -0.3 is 15.0 Å². The smallest absolute Gasteiger partial charge is 0.0951 e. The molecule has 4 nitrogen and oxygen atoms in total. The van der Waals surface area contributed by atoms with Crippen LogP contribution in [0.15, 0.2) is 24.2 Å². The van der Waals surface area contributed by atoms with E-state index in [1.165, 1.54) is 5.57 Å².